The first-order valence-electron chi connectivity index (χ1n) is 12.1. The molecule has 0 unspecified atom stereocenters. The van der Waals surface area contributed by atoms with Gasteiger partial charge < -0.3 is 10.1 Å². The summed E-state index contributed by atoms with van der Waals surface area (Å²) in [5.41, 5.74) is 1.78. The lowest BCUT2D eigenvalue weighted by Crippen LogP contribution is -2.54. The molecule has 1 amide bonds. The number of benzene rings is 4. The minimum Gasteiger partial charge on any atom is -0.488 e. The number of hydrogen-bond acceptors (Lipinski definition) is 5. The van der Waals surface area contributed by atoms with Gasteiger partial charge in [0.2, 0.25) is 0 Å². The van der Waals surface area contributed by atoms with Crippen LogP contribution in [0.4, 0.5) is 5.69 Å². The van der Waals surface area contributed by atoms with Crippen molar-refractivity contribution >= 4 is 38.3 Å². The molecule has 4 aromatic carbocycles. The highest BCUT2D eigenvalue weighted by molar-refractivity contribution is 9.10. The molecule has 0 aliphatic carbocycles. The fraction of sp³-hybridized carbons (Fsp3) is 0.207. The van der Waals surface area contributed by atoms with Crippen LogP contribution in [0.1, 0.15) is 22.6 Å². The molecule has 0 saturated carbocycles. The van der Waals surface area contributed by atoms with Gasteiger partial charge in [-0.3, -0.25) is 19.8 Å². The van der Waals surface area contributed by atoms with E-state index in [4.69, 9.17) is 4.74 Å². The summed E-state index contributed by atoms with van der Waals surface area (Å²) in [6, 6.07) is 26.0. The van der Waals surface area contributed by atoms with E-state index in [0.29, 0.717) is 34.6 Å². The summed E-state index contributed by atoms with van der Waals surface area (Å²) in [4.78, 5) is 27.4. The van der Waals surface area contributed by atoms with E-state index in [1.807, 2.05) is 65.6 Å². The number of rotatable bonds is 5. The number of likely N-dealkylation sites (tertiary alicyclic amines) is 1. The lowest BCUT2D eigenvalue weighted by atomic mass is 9.79. The molecule has 7 nitrogen and oxygen atoms in total. The Morgan fingerprint density at radius 1 is 1.08 bits per heavy atom. The molecule has 1 fully saturated rings. The van der Waals surface area contributed by atoms with Crippen LogP contribution in [0, 0.1) is 10.1 Å². The lowest BCUT2D eigenvalue weighted by molar-refractivity contribution is -0.534. The Kier molecular flexibility index (Phi) is 5.73. The smallest absolute Gasteiger partial charge is 0.256 e. The quantitative estimate of drug-likeness (QED) is 0.251. The number of likely N-dealkylation sites (N-methyl/N-ethyl adjacent to an activating group) is 1. The molecule has 0 aromatic heterocycles. The Hall–Kier alpha value is -3.75. The van der Waals surface area contributed by atoms with E-state index in [1.165, 1.54) is 0 Å². The Morgan fingerprint density at radius 3 is 2.65 bits per heavy atom. The van der Waals surface area contributed by atoms with E-state index in [0.717, 1.165) is 21.9 Å². The van der Waals surface area contributed by atoms with E-state index >= 15 is 0 Å². The maximum atomic E-state index is 13.3. The number of halogens is 1. The van der Waals surface area contributed by atoms with Gasteiger partial charge in [0.15, 0.2) is 5.54 Å². The first kappa shape index (κ1) is 23.6. The van der Waals surface area contributed by atoms with Gasteiger partial charge in [0, 0.05) is 22.7 Å². The number of fused-ring (bicyclic) bond motifs is 3. The summed E-state index contributed by atoms with van der Waals surface area (Å²) in [6.07, 6.45) is 0. The molecule has 0 radical (unpaired) electrons. The largest absolute Gasteiger partial charge is 0.488 e. The normalized spacial score (nSPS) is 22.8. The number of para-hydroxylation sites is 1. The third-order valence-corrected chi connectivity index (χ3v) is 8.31. The number of carbonyl (C=O) groups excluding carboxylic acids is 1. The standard InChI is InChI=1S/C29H24BrN3O4/c1-32-16-22(27(33(35)36)29(32)23-11-4-5-12-25(23)31-28(29)34)19-13-14-26(24(30)15-19)37-17-20-9-6-8-18-7-2-3-10-21(18)20/h2-15,22,27H,16-17H2,1H3,(H,31,34)/t22-,27+,29-/m1/s1. The van der Waals surface area contributed by atoms with Crippen LogP contribution in [0.5, 0.6) is 5.75 Å². The molecule has 2 heterocycles. The average molecular weight is 558 g/mol. The Morgan fingerprint density at radius 2 is 1.84 bits per heavy atom. The molecule has 1 saturated heterocycles. The molecule has 2 aliphatic heterocycles. The van der Waals surface area contributed by atoms with Gasteiger partial charge in [-0.05, 0) is 63.1 Å². The van der Waals surface area contributed by atoms with E-state index < -0.39 is 17.5 Å². The van der Waals surface area contributed by atoms with E-state index in [9.17, 15) is 14.9 Å². The second kappa shape index (κ2) is 8.97. The number of carbonyl (C=O) groups is 1. The molecule has 2 aliphatic rings. The van der Waals surface area contributed by atoms with Crippen LogP contribution in [0.3, 0.4) is 0 Å². The van der Waals surface area contributed by atoms with E-state index in [-0.39, 0.29) is 10.8 Å². The predicted octanol–water partition coefficient (Wildman–Crippen LogP) is 5.70. The van der Waals surface area contributed by atoms with Crippen molar-refractivity contribution in [1.29, 1.82) is 0 Å². The summed E-state index contributed by atoms with van der Waals surface area (Å²) >= 11 is 3.61. The minimum absolute atomic E-state index is 0.297. The van der Waals surface area contributed by atoms with Gasteiger partial charge in [-0.2, -0.15) is 0 Å². The number of anilines is 1. The van der Waals surface area contributed by atoms with Crippen molar-refractivity contribution in [3.8, 4) is 5.75 Å². The maximum Gasteiger partial charge on any atom is 0.256 e. The first-order chi connectivity index (χ1) is 17.9. The van der Waals surface area contributed by atoms with Gasteiger partial charge in [-0.15, -0.1) is 0 Å². The van der Waals surface area contributed by atoms with Gasteiger partial charge in [-0.1, -0.05) is 66.7 Å². The van der Waals surface area contributed by atoms with Crippen LogP contribution in [0.25, 0.3) is 10.8 Å². The number of nitrogens with one attached hydrogen (secondary N) is 1. The highest BCUT2D eigenvalue weighted by atomic mass is 79.9. The molecule has 37 heavy (non-hydrogen) atoms. The molecular weight excluding hydrogens is 534 g/mol. The van der Waals surface area contributed by atoms with Crippen molar-refractivity contribution in [2.24, 2.45) is 0 Å². The van der Waals surface area contributed by atoms with Crippen molar-refractivity contribution in [2.75, 3.05) is 18.9 Å². The van der Waals surface area contributed by atoms with Crippen LogP contribution in [-0.2, 0) is 16.9 Å². The van der Waals surface area contributed by atoms with Crippen LogP contribution in [-0.4, -0.2) is 35.4 Å². The molecular formula is C29H24BrN3O4. The number of ether oxygens (including phenoxy) is 1. The van der Waals surface area contributed by atoms with Crippen molar-refractivity contribution < 1.29 is 14.5 Å². The zero-order valence-electron chi connectivity index (χ0n) is 20.1. The van der Waals surface area contributed by atoms with Crippen LogP contribution in [0.15, 0.2) is 89.4 Å². The Balaban J connectivity index is 1.31. The third kappa shape index (κ3) is 3.62. The average Bonchev–Trinajstić information content (AvgIpc) is 3.38. The zero-order valence-corrected chi connectivity index (χ0v) is 21.6. The van der Waals surface area contributed by atoms with Crippen molar-refractivity contribution in [2.45, 2.75) is 24.1 Å². The predicted molar refractivity (Wildman–Crippen MR) is 145 cm³/mol. The number of amides is 1. The molecule has 8 heteroatoms. The van der Waals surface area contributed by atoms with Gasteiger partial charge in [-0.25, -0.2) is 0 Å². The molecule has 186 valence electrons. The topological polar surface area (TPSA) is 84.7 Å². The maximum absolute atomic E-state index is 13.3. The summed E-state index contributed by atoms with van der Waals surface area (Å²) < 4.78 is 6.86. The highest BCUT2D eigenvalue weighted by Gasteiger charge is 2.68. The number of hydrogen-bond donors (Lipinski definition) is 1. The number of nitrogens with zero attached hydrogens (tertiary/aromatic N) is 2. The summed E-state index contributed by atoms with van der Waals surface area (Å²) in [6.45, 7) is 0.763. The molecule has 1 N–H and O–H groups in total. The second-order valence-corrected chi connectivity index (χ2v) is 10.5. The lowest BCUT2D eigenvalue weighted by Gasteiger charge is -2.30. The first-order valence-corrected chi connectivity index (χ1v) is 12.8. The Bertz CT molecular complexity index is 1550. The molecule has 6 rings (SSSR count). The highest BCUT2D eigenvalue weighted by Crippen LogP contribution is 2.52. The van der Waals surface area contributed by atoms with E-state index in [2.05, 4.69) is 39.4 Å². The van der Waals surface area contributed by atoms with Crippen molar-refractivity contribution in [1.82, 2.24) is 4.90 Å². The van der Waals surface area contributed by atoms with Gasteiger partial charge >= 0.3 is 0 Å². The fourth-order valence-corrected chi connectivity index (χ4v) is 6.53. The SMILES string of the molecule is CN1C[C@H](c2ccc(OCc3cccc4ccccc34)c(Br)c2)[C@H]([N+](=O)[O-])[C@]12C(=O)Nc1ccccc12. The fourth-order valence-electron chi connectivity index (χ4n) is 6.02. The van der Waals surface area contributed by atoms with Gasteiger partial charge in [0.1, 0.15) is 12.4 Å². The summed E-state index contributed by atoms with van der Waals surface area (Å²) in [5.74, 6) is -0.186. The summed E-state index contributed by atoms with van der Waals surface area (Å²) in [5, 5.41) is 17.7. The zero-order chi connectivity index (χ0) is 25.7. The summed E-state index contributed by atoms with van der Waals surface area (Å²) in [7, 11) is 1.79. The monoisotopic (exact) mass is 557 g/mol. The molecule has 0 bridgehead atoms. The van der Waals surface area contributed by atoms with Crippen molar-refractivity contribution in [3.05, 3.63) is 116 Å². The molecule has 3 atom stereocenters. The third-order valence-electron chi connectivity index (χ3n) is 7.69. The number of nitro groups is 1. The second-order valence-electron chi connectivity index (χ2n) is 9.60. The van der Waals surface area contributed by atoms with E-state index in [1.54, 1.807) is 13.1 Å². The van der Waals surface area contributed by atoms with Gasteiger partial charge in [0.05, 0.1) is 10.4 Å². The van der Waals surface area contributed by atoms with Crippen LogP contribution in [0.2, 0.25) is 0 Å². The van der Waals surface area contributed by atoms with Gasteiger partial charge in [0.25, 0.3) is 11.9 Å². The Labute approximate surface area is 222 Å². The molecule has 4 aromatic rings. The molecule has 1 spiro atoms. The van der Waals surface area contributed by atoms with Crippen LogP contribution >= 0.6 is 15.9 Å². The minimum atomic E-state index is -1.36. The van der Waals surface area contributed by atoms with Crippen molar-refractivity contribution in [3.63, 3.8) is 0 Å². The van der Waals surface area contributed by atoms with Crippen LogP contribution < -0.4 is 10.1 Å².